The molecule has 130 valence electrons. The Kier molecular flexibility index (Phi) is 8.30. The van der Waals surface area contributed by atoms with Crippen molar-refractivity contribution in [2.45, 2.75) is 39.7 Å². The number of rotatable bonds is 8. The molecule has 1 atom stereocenters. The molecule has 0 aromatic heterocycles. The molecule has 0 aliphatic rings. The maximum atomic E-state index is 5.34. The van der Waals surface area contributed by atoms with Gasteiger partial charge in [-0.05, 0) is 43.4 Å². The van der Waals surface area contributed by atoms with Crippen LogP contribution in [0.4, 0.5) is 0 Å². The summed E-state index contributed by atoms with van der Waals surface area (Å²) in [7, 11) is 5.11. The van der Waals surface area contributed by atoms with Gasteiger partial charge in [-0.2, -0.15) is 0 Å². The highest BCUT2D eigenvalue weighted by Crippen LogP contribution is 2.27. The van der Waals surface area contributed by atoms with Crippen molar-refractivity contribution in [2.24, 2.45) is 10.9 Å². The topological polar surface area (TPSA) is 54.9 Å². The largest absolute Gasteiger partial charge is 0.493 e. The van der Waals surface area contributed by atoms with Gasteiger partial charge in [0, 0.05) is 19.6 Å². The number of aliphatic imine (C=N–C) groups is 1. The Balaban J connectivity index is 2.42. The second-order valence-corrected chi connectivity index (χ2v) is 5.97. The fraction of sp³-hybridized carbons (Fsp3) is 0.611. The zero-order valence-electron chi connectivity index (χ0n) is 15.3. The van der Waals surface area contributed by atoms with E-state index in [2.05, 4.69) is 42.5 Å². The van der Waals surface area contributed by atoms with Crippen molar-refractivity contribution in [3.8, 4) is 11.5 Å². The number of hydrogen-bond donors (Lipinski definition) is 2. The first-order chi connectivity index (χ1) is 11.0. The summed E-state index contributed by atoms with van der Waals surface area (Å²) in [5.41, 5.74) is 1.24. The Bertz CT molecular complexity index is 501. The lowest BCUT2D eigenvalue weighted by molar-refractivity contribution is 0.354. The lowest BCUT2D eigenvalue weighted by atomic mass is 10.1. The SMILES string of the molecule is CN=C(NCCCc1ccc(OC)c(OC)c1)NC(C)C(C)C. The molecule has 5 nitrogen and oxygen atoms in total. The third-order valence-electron chi connectivity index (χ3n) is 3.97. The number of methoxy groups -OCH3 is 2. The van der Waals surface area contributed by atoms with Gasteiger partial charge in [0.15, 0.2) is 17.5 Å². The van der Waals surface area contributed by atoms with Gasteiger partial charge in [-0.3, -0.25) is 4.99 Å². The van der Waals surface area contributed by atoms with Crippen LogP contribution in [0.3, 0.4) is 0 Å². The van der Waals surface area contributed by atoms with Crippen LogP contribution in [-0.2, 0) is 6.42 Å². The summed E-state index contributed by atoms with van der Waals surface area (Å²) < 4.78 is 10.6. The average molecular weight is 321 g/mol. The van der Waals surface area contributed by atoms with Crippen molar-refractivity contribution in [3.05, 3.63) is 23.8 Å². The molecule has 0 aliphatic carbocycles. The van der Waals surface area contributed by atoms with Gasteiger partial charge >= 0.3 is 0 Å². The van der Waals surface area contributed by atoms with Crippen LogP contribution in [0, 0.1) is 5.92 Å². The molecule has 1 aromatic rings. The fourth-order valence-electron chi connectivity index (χ4n) is 2.11. The first-order valence-corrected chi connectivity index (χ1v) is 8.19. The summed E-state index contributed by atoms with van der Waals surface area (Å²) in [6, 6.07) is 6.46. The molecule has 0 spiro atoms. The van der Waals surface area contributed by atoms with Crippen molar-refractivity contribution in [1.29, 1.82) is 0 Å². The van der Waals surface area contributed by atoms with Gasteiger partial charge in [0.25, 0.3) is 0 Å². The van der Waals surface area contributed by atoms with Crippen LogP contribution in [0.1, 0.15) is 32.8 Å². The Morgan fingerprint density at radius 2 is 1.83 bits per heavy atom. The van der Waals surface area contributed by atoms with E-state index >= 15 is 0 Å². The third-order valence-corrected chi connectivity index (χ3v) is 3.97. The quantitative estimate of drug-likeness (QED) is 0.439. The maximum Gasteiger partial charge on any atom is 0.191 e. The summed E-state index contributed by atoms with van der Waals surface area (Å²) in [5, 5.41) is 6.76. The van der Waals surface area contributed by atoms with Crippen LogP contribution in [0.15, 0.2) is 23.2 Å². The summed E-state index contributed by atoms with van der Waals surface area (Å²) >= 11 is 0. The summed E-state index contributed by atoms with van der Waals surface area (Å²) in [5.74, 6) is 2.97. The molecular weight excluding hydrogens is 290 g/mol. The van der Waals surface area contributed by atoms with E-state index in [1.54, 1.807) is 21.3 Å². The molecule has 0 fully saturated rings. The van der Waals surface area contributed by atoms with Gasteiger partial charge in [0.2, 0.25) is 0 Å². The van der Waals surface area contributed by atoms with E-state index in [1.165, 1.54) is 5.56 Å². The minimum atomic E-state index is 0.395. The van der Waals surface area contributed by atoms with Crippen LogP contribution in [-0.4, -0.2) is 39.8 Å². The fourth-order valence-corrected chi connectivity index (χ4v) is 2.11. The first kappa shape index (κ1) is 19.1. The number of nitrogens with one attached hydrogen (secondary N) is 2. The van der Waals surface area contributed by atoms with E-state index in [1.807, 2.05) is 12.1 Å². The Morgan fingerprint density at radius 1 is 1.13 bits per heavy atom. The number of aryl methyl sites for hydroxylation is 1. The predicted octanol–water partition coefficient (Wildman–Crippen LogP) is 2.85. The molecule has 0 bridgehead atoms. The molecule has 1 unspecified atom stereocenters. The molecule has 0 saturated carbocycles. The van der Waals surface area contributed by atoms with Gasteiger partial charge in [-0.15, -0.1) is 0 Å². The summed E-state index contributed by atoms with van der Waals surface area (Å²) in [6.07, 6.45) is 2.00. The molecule has 1 aromatic carbocycles. The van der Waals surface area contributed by atoms with Crippen LogP contribution >= 0.6 is 0 Å². The zero-order valence-corrected chi connectivity index (χ0v) is 15.3. The van der Waals surface area contributed by atoms with E-state index < -0.39 is 0 Å². The molecule has 0 heterocycles. The number of benzene rings is 1. The minimum absolute atomic E-state index is 0.395. The van der Waals surface area contributed by atoms with Crippen molar-refractivity contribution in [2.75, 3.05) is 27.8 Å². The van der Waals surface area contributed by atoms with Crippen molar-refractivity contribution in [3.63, 3.8) is 0 Å². The molecule has 0 amide bonds. The normalized spacial score (nSPS) is 12.9. The maximum absolute atomic E-state index is 5.34. The van der Waals surface area contributed by atoms with Gasteiger partial charge in [0.05, 0.1) is 14.2 Å². The van der Waals surface area contributed by atoms with Crippen molar-refractivity contribution in [1.82, 2.24) is 10.6 Å². The molecule has 23 heavy (non-hydrogen) atoms. The lowest BCUT2D eigenvalue weighted by Crippen LogP contribution is -2.44. The summed E-state index contributed by atoms with van der Waals surface area (Å²) in [6.45, 7) is 7.43. The van der Waals surface area contributed by atoms with E-state index in [4.69, 9.17) is 9.47 Å². The number of ether oxygens (including phenoxy) is 2. The smallest absolute Gasteiger partial charge is 0.191 e. The molecule has 1 rings (SSSR count). The van der Waals surface area contributed by atoms with Crippen LogP contribution in [0.5, 0.6) is 11.5 Å². The summed E-state index contributed by atoms with van der Waals surface area (Å²) in [4.78, 5) is 4.26. The average Bonchev–Trinajstić information content (AvgIpc) is 2.56. The van der Waals surface area contributed by atoms with Gasteiger partial charge in [-0.25, -0.2) is 0 Å². The molecule has 5 heteroatoms. The van der Waals surface area contributed by atoms with Crippen LogP contribution < -0.4 is 20.1 Å². The van der Waals surface area contributed by atoms with Gasteiger partial charge < -0.3 is 20.1 Å². The number of nitrogens with zero attached hydrogens (tertiary/aromatic N) is 1. The minimum Gasteiger partial charge on any atom is -0.493 e. The monoisotopic (exact) mass is 321 g/mol. The first-order valence-electron chi connectivity index (χ1n) is 8.19. The second-order valence-electron chi connectivity index (χ2n) is 5.97. The highest BCUT2D eigenvalue weighted by molar-refractivity contribution is 5.79. The van der Waals surface area contributed by atoms with E-state index in [9.17, 15) is 0 Å². The lowest BCUT2D eigenvalue weighted by Gasteiger charge is -2.20. The number of hydrogen-bond acceptors (Lipinski definition) is 3. The molecule has 0 saturated heterocycles. The van der Waals surface area contributed by atoms with E-state index in [0.717, 1.165) is 36.8 Å². The van der Waals surface area contributed by atoms with Crippen molar-refractivity contribution >= 4 is 5.96 Å². The number of guanidine groups is 1. The van der Waals surface area contributed by atoms with Gasteiger partial charge in [-0.1, -0.05) is 19.9 Å². The second kappa shape index (κ2) is 9.98. The van der Waals surface area contributed by atoms with Gasteiger partial charge in [0.1, 0.15) is 0 Å². The molecule has 0 aliphatic heterocycles. The molecular formula is C18H31N3O2. The van der Waals surface area contributed by atoms with E-state index in [0.29, 0.717) is 12.0 Å². The van der Waals surface area contributed by atoms with E-state index in [-0.39, 0.29) is 0 Å². The highest BCUT2D eigenvalue weighted by atomic mass is 16.5. The Labute approximate surface area is 140 Å². The third kappa shape index (κ3) is 6.38. The van der Waals surface area contributed by atoms with Crippen LogP contribution in [0.25, 0.3) is 0 Å². The zero-order chi connectivity index (χ0) is 17.2. The predicted molar refractivity (Wildman–Crippen MR) is 96.7 cm³/mol. The highest BCUT2D eigenvalue weighted by Gasteiger charge is 2.08. The van der Waals surface area contributed by atoms with Crippen LogP contribution in [0.2, 0.25) is 0 Å². The molecule has 0 radical (unpaired) electrons. The Hall–Kier alpha value is -1.91. The standard InChI is InChI=1S/C18H31N3O2/c1-13(2)14(3)21-18(19-4)20-11-7-8-15-9-10-16(22-5)17(12-15)23-6/h9-10,12-14H,7-8,11H2,1-6H3,(H2,19,20,21). The molecule has 2 N–H and O–H groups in total. The Morgan fingerprint density at radius 3 is 2.39 bits per heavy atom. The van der Waals surface area contributed by atoms with Crippen molar-refractivity contribution < 1.29 is 9.47 Å².